The van der Waals surface area contributed by atoms with Crippen LogP contribution >= 0.6 is 23.2 Å². The summed E-state index contributed by atoms with van der Waals surface area (Å²) >= 11 is 11.8. The lowest BCUT2D eigenvalue weighted by Crippen LogP contribution is -2.47. The molecule has 0 saturated carbocycles. The van der Waals surface area contributed by atoms with E-state index in [0.29, 0.717) is 6.42 Å². The Labute approximate surface area is 160 Å². The minimum atomic E-state index is -0.855. The molecule has 1 aliphatic rings. The van der Waals surface area contributed by atoms with Crippen molar-refractivity contribution in [1.82, 2.24) is 10.2 Å². The third-order valence-corrected chi connectivity index (χ3v) is 4.56. The molecule has 0 bridgehead atoms. The summed E-state index contributed by atoms with van der Waals surface area (Å²) in [6.45, 7) is 3.26. The number of halogens is 2. The summed E-state index contributed by atoms with van der Waals surface area (Å²) in [5.41, 5.74) is 0.174. The molecule has 0 radical (unpaired) electrons. The van der Waals surface area contributed by atoms with E-state index in [-0.39, 0.29) is 27.1 Å². The van der Waals surface area contributed by atoms with Gasteiger partial charge in [-0.25, -0.2) is 4.79 Å². The van der Waals surface area contributed by atoms with Gasteiger partial charge in [0.1, 0.15) is 12.6 Å². The first-order chi connectivity index (χ1) is 12.1. The molecule has 7 nitrogen and oxygen atoms in total. The van der Waals surface area contributed by atoms with Gasteiger partial charge < -0.3 is 10.1 Å². The number of benzene rings is 1. The van der Waals surface area contributed by atoms with E-state index in [1.54, 1.807) is 0 Å². The summed E-state index contributed by atoms with van der Waals surface area (Å²) in [7, 11) is 1.22. The molecular weight excluding hydrogens is 383 g/mol. The highest BCUT2D eigenvalue weighted by Gasteiger charge is 2.38. The Morgan fingerprint density at radius 3 is 2.04 bits per heavy atom. The predicted octanol–water partition coefficient (Wildman–Crippen LogP) is 2.29. The summed E-state index contributed by atoms with van der Waals surface area (Å²) in [4.78, 5) is 49.6. The van der Waals surface area contributed by atoms with Crippen LogP contribution < -0.4 is 5.32 Å². The van der Waals surface area contributed by atoms with Crippen LogP contribution in [-0.2, 0) is 14.3 Å². The van der Waals surface area contributed by atoms with Crippen molar-refractivity contribution in [3.05, 3.63) is 33.3 Å². The molecule has 1 aromatic rings. The van der Waals surface area contributed by atoms with E-state index in [9.17, 15) is 19.2 Å². The molecule has 0 aliphatic carbocycles. The number of nitrogens with zero attached hydrogens (tertiary/aromatic N) is 1. The normalized spacial score (nSPS) is 14.5. The molecule has 26 heavy (non-hydrogen) atoms. The van der Waals surface area contributed by atoms with Crippen LogP contribution in [0.5, 0.6) is 0 Å². The van der Waals surface area contributed by atoms with Gasteiger partial charge in [0.15, 0.2) is 0 Å². The van der Waals surface area contributed by atoms with Gasteiger partial charge in [0.05, 0.1) is 28.3 Å². The maximum absolute atomic E-state index is 12.4. The van der Waals surface area contributed by atoms with E-state index in [4.69, 9.17) is 23.2 Å². The number of imide groups is 1. The van der Waals surface area contributed by atoms with E-state index in [0.717, 1.165) is 4.90 Å². The van der Waals surface area contributed by atoms with Gasteiger partial charge in [0.2, 0.25) is 5.91 Å². The van der Waals surface area contributed by atoms with Crippen LogP contribution in [0.4, 0.5) is 0 Å². The van der Waals surface area contributed by atoms with Crippen molar-refractivity contribution in [2.75, 3.05) is 13.7 Å². The number of hydrogen-bond donors (Lipinski definition) is 1. The lowest BCUT2D eigenvalue weighted by molar-refractivity contribution is -0.145. The van der Waals surface area contributed by atoms with Gasteiger partial charge >= 0.3 is 5.97 Å². The van der Waals surface area contributed by atoms with Crippen molar-refractivity contribution < 1.29 is 23.9 Å². The number of nitrogens with one attached hydrogen (secondary N) is 1. The van der Waals surface area contributed by atoms with E-state index in [1.165, 1.54) is 19.2 Å². The Hall–Kier alpha value is -2.12. The molecule has 140 valence electrons. The fourth-order valence-electron chi connectivity index (χ4n) is 2.64. The highest BCUT2D eigenvalue weighted by atomic mass is 35.5. The van der Waals surface area contributed by atoms with Gasteiger partial charge in [-0.15, -0.1) is 0 Å². The summed E-state index contributed by atoms with van der Waals surface area (Å²) in [6, 6.07) is 1.74. The van der Waals surface area contributed by atoms with Gasteiger partial charge in [-0.1, -0.05) is 37.0 Å². The molecule has 0 saturated heterocycles. The van der Waals surface area contributed by atoms with Crippen LogP contribution in [0.2, 0.25) is 10.0 Å². The molecule has 0 spiro atoms. The molecule has 1 heterocycles. The minimum absolute atomic E-state index is 0.0869. The quantitative estimate of drug-likeness (QED) is 0.583. The lowest BCUT2D eigenvalue weighted by atomic mass is 10.0. The minimum Gasteiger partial charge on any atom is -0.467 e. The largest absolute Gasteiger partial charge is 0.467 e. The van der Waals surface area contributed by atoms with Crippen LogP contribution in [0.15, 0.2) is 12.1 Å². The second kappa shape index (κ2) is 8.05. The number of hydrogen-bond acceptors (Lipinski definition) is 5. The number of esters is 1. The Morgan fingerprint density at radius 2 is 1.62 bits per heavy atom. The second-order valence-corrected chi connectivity index (χ2v) is 7.10. The maximum Gasteiger partial charge on any atom is 0.328 e. The highest BCUT2D eigenvalue weighted by Crippen LogP contribution is 2.31. The van der Waals surface area contributed by atoms with Crippen LogP contribution in [0, 0.1) is 5.92 Å². The average molecular weight is 401 g/mol. The molecule has 1 N–H and O–H groups in total. The number of rotatable bonds is 6. The SMILES string of the molecule is COC(=O)[C@H](CC(C)C)NC(=O)CN1C(=O)c2cc(Cl)c(Cl)cc2C1=O. The highest BCUT2D eigenvalue weighted by molar-refractivity contribution is 6.43. The van der Waals surface area contributed by atoms with Crippen molar-refractivity contribution in [2.45, 2.75) is 26.3 Å². The first kappa shape index (κ1) is 20.2. The maximum atomic E-state index is 12.4. The van der Waals surface area contributed by atoms with Crippen LogP contribution in [0.3, 0.4) is 0 Å². The number of ether oxygens (including phenoxy) is 1. The summed E-state index contributed by atoms with van der Waals surface area (Å²) in [5, 5.41) is 2.78. The molecular formula is C17H18Cl2N2O5. The van der Waals surface area contributed by atoms with Crippen molar-refractivity contribution in [1.29, 1.82) is 0 Å². The van der Waals surface area contributed by atoms with E-state index in [1.807, 2.05) is 13.8 Å². The Bertz CT molecular complexity index is 738. The number of carbonyl (C=O) groups is 4. The lowest BCUT2D eigenvalue weighted by Gasteiger charge is -2.20. The molecule has 2 rings (SSSR count). The van der Waals surface area contributed by atoms with E-state index in [2.05, 4.69) is 10.1 Å². The number of methoxy groups -OCH3 is 1. The predicted molar refractivity (Wildman–Crippen MR) is 95.2 cm³/mol. The molecule has 0 aromatic heterocycles. The number of amides is 3. The van der Waals surface area contributed by atoms with Crippen molar-refractivity contribution in [3.8, 4) is 0 Å². The zero-order chi connectivity index (χ0) is 19.6. The molecule has 3 amide bonds. The summed E-state index contributed by atoms with van der Waals surface area (Å²) in [5.74, 6) is -2.39. The molecule has 1 aliphatic heterocycles. The first-order valence-electron chi connectivity index (χ1n) is 7.88. The molecule has 0 unspecified atom stereocenters. The zero-order valence-electron chi connectivity index (χ0n) is 14.5. The summed E-state index contributed by atoms with van der Waals surface area (Å²) in [6.07, 6.45) is 0.367. The van der Waals surface area contributed by atoms with Crippen molar-refractivity contribution in [3.63, 3.8) is 0 Å². The van der Waals surface area contributed by atoms with Crippen LogP contribution in [-0.4, -0.2) is 48.3 Å². The van der Waals surface area contributed by atoms with Gasteiger partial charge in [-0.05, 0) is 24.5 Å². The van der Waals surface area contributed by atoms with E-state index >= 15 is 0 Å². The van der Waals surface area contributed by atoms with Gasteiger partial charge in [0, 0.05) is 0 Å². The zero-order valence-corrected chi connectivity index (χ0v) is 16.0. The third-order valence-electron chi connectivity index (χ3n) is 3.84. The third kappa shape index (κ3) is 4.16. The van der Waals surface area contributed by atoms with Crippen molar-refractivity contribution >= 4 is 46.9 Å². The monoisotopic (exact) mass is 400 g/mol. The molecule has 9 heteroatoms. The molecule has 0 fully saturated rings. The average Bonchev–Trinajstić information content (AvgIpc) is 2.78. The van der Waals surface area contributed by atoms with Crippen LogP contribution in [0.25, 0.3) is 0 Å². The smallest absolute Gasteiger partial charge is 0.328 e. The number of carbonyl (C=O) groups excluding carboxylic acids is 4. The van der Waals surface area contributed by atoms with Crippen LogP contribution in [0.1, 0.15) is 41.0 Å². The van der Waals surface area contributed by atoms with Crippen molar-refractivity contribution in [2.24, 2.45) is 5.92 Å². The summed E-state index contributed by atoms with van der Waals surface area (Å²) < 4.78 is 4.67. The Morgan fingerprint density at radius 1 is 1.12 bits per heavy atom. The Balaban J connectivity index is 2.13. The number of fused-ring (bicyclic) bond motifs is 1. The fraction of sp³-hybridized carbons (Fsp3) is 0.412. The van der Waals surface area contributed by atoms with Gasteiger partial charge in [-0.2, -0.15) is 0 Å². The molecule has 1 atom stereocenters. The van der Waals surface area contributed by atoms with Gasteiger partial charge in [0.25, 0.3) is 11.8 Å². The van der Waals surface area contributed by atoms with Gasteiger partial charge in [-0.3, -0.25) is 19.3 Å². The standard InChI is InChI=1S/C17H18Cl2N2O5/c1-8(2)4-13(17(25)26-3)20-14(22)7-21-15(23)9-5-11(18)12(19)6-10(9)16(21)24/h5-6,8,13H,4,7H2,1-3H3,(H,20,22)/t13-/m0/s1. The Kier molecular flexibility index (Phi) is 6.26. The van der Waals surface area contributed by atoms with E-state index < -0.39 is 36.3 Å². The molecule has 1 aromatic carbocycles. The first-order valence-corrected chi connectivity index (χ1v) is 8.63. The second-order valence-electron chi connectivity index (χ2n) is 6.28. The fourth-order valence-corrected chi connectivity index (χ4v) is 2.97. The topological polar surface area (TPSA) is 92.8 Å².